The van der Waals surface area contributed by atoms with Crippen LogP contribution in [0.5, 0.6) is 11.5 Å². The van der Waals surface area contributed by atoms with Crippen LogP contribution in [0, 0.1) is 6.92 Å². The van der Waals surface area contributed by atoms with Gasteiger partial charge in [0.2, 0.25) is 0 Å². The molecule has 0 fully saturated rings. The zero-order chi connectivity index (χ0) is 25.2. The van der Waals surface area contributed by atoms with Crippen LogP contribution in [0.25, 0.3) is 0 Å². The summed E-state index contributed by atoms with van der Waals surface area (Å²) in [5.41, 5.74) is 2.67. The van der Waals surface area contributed by atoms with Gasteiger partial charge >= 0.3 is 0 Å². The Balaban J connectivity index is 1.40. The monoisotopic (exact) mass is 496 g/mol. The van der Waals surface area contributed by atoms with Crippen molar-refractivity contribution in [3.8, 4) is 11.5 Å². The van der Waals surface area contributed by atoms with Crippen LogP contribution in [0.3, 0.4) is 0 Å². The molecule has 3 aromatic carbocycles. The Kier molecular flexibility index (Phi) is 7.07. The molecule has 0 saturated carbocycles. The molecule has 0 aromatic heterocycles. The Labute approximate surface area is 207 Å². The van der Waals surface area contributed by atoms with E-state index in [2.05, 4.69) is 10.0 Å². The molecule has 0 radical (unpaired) electrons. The van der Waals surface area contributed by atoms with Crippen LogP contribution in [0.4, 0.5) is 5.69 Å². The largest absolute Gasteiger partial charge is 0.497 e. The molecule has 1 aliphatic heterocycles. The van der Waals surface area contributed by atoms with Crippen molar-refractivity contribution in [3.63, 3.8) is 0 Å². The van der Waals surface area contributed by atoms with Crippen molar-refractivity contribution in [2.75, 3.05) is 18.4 Å². The number of aryl methyl sites for hydroxylation is 1. The fourth-order valence-electron chi connectivity index (χ4n) is 4.17. The van der Waals surface area contributed by atoms with Gasteiger partial charge in [0.1, 0.15) is 23.2 Å². The highest BCUT2D eigenvalue weighted by Crippen LogP contribution is 2.41. The third kappa shape index (κ3) is 5.61. The van der Waals surface area contributed by atoms with Crippen molar-refractivity contribution in [2.24, 2.45) is 0 Å². The fourth-order valence-corrected chi connectivity index (χ4v) is 5.23. The minimum Gasteiger partial charge on any atom is -0.497 e. The number of fused-ring (bicyclic) bond motifs is 1. The Hall–Kier alpha value is -3.07. The van der Waals surface area contributed by atoms with Crippen molar-refractivity contribution < 1.29 is 23.0 Å². The van der Waals surface area contributed by atoms with Gasteiger partial charge in [-0.15, -0.1) is 0 Å². The molecule has 1 heterocycles. The van der Waals surface area contributed by atoms with E-state index in [1.54, 1.807) is 43.5 Å². The maximum atomic E-state index is 12.6. The van der Waals surface area contributed by atoms with Crippen LogP contribution in [0.15, 0.2) is 71.6 Å². The van der Waals surface area contributed by atoms with Gasteiger partial charge in [-0.25, -0.2) is 8.42 Å². The van der Waals surface area contributed by atoms with Crippen LogP contribution < -0.4 is 19.5 Å². The van der Waals surface area contributed by atoms with Gasteiger partial charge in [0.15, 0.2) is 0 Å². The lowest BCUT2D eigenvalue weighted by Gasteiger charge is -2.42. The number of nitrogens with one attached hydrogen (secondary N) is 2. The zero-order valence-corrected chi connectivity index (χ0v) is 21.2. The SMILES string of the molecule is COc1ccc2c(c1)C(NCCc1ccc(NS(=O)(=O)c3ccc(C)cc3)cc1)C(O)C(C)(C)O2. The molecule has 0 spiro atoms. The number of rotatable bonds is 8. The van der Waals surface area contributed by atoms with Gasteiger partial charge < -0.3 is 19.9 Å². The van der Waals surface area contributed by atoms with E-state index in [4.69, 9.17) is 9.47 Å². The number of ether oxygens (including phenoxy) is 2. The first kappa shape index (κ1) is 25.0. The van der Waals surface area contributed by atoms with Crippen LogP contribution in [-0.4, -0.2) is 38.9 Å². The average Bonchev–Trinajstić information content (AvgIpc) is 2.82. The Morgan fingerprint density at radius 1 is 1.03 bits per heavy atom. The Bertz CT molecular complexity index is 1270. The maximum absolute atomic E-state index is 12.6. The summed E-state index contributed by atoms with van der Waals surface area (Å²) in [6.07, 6.45) is -0.0462. The summed E-state index contributed by atoms with van der Waals surface area (Å²) in [5, 5.41) is 14.4. The first-order valence-electron chi connectivity index (χ1n) is 11.6. The summed E-state index contributed by atoms with van der Waals surface area (Å²) in [7, 11) is -2.03. The summed E-state index contributed by atoms with van der Waals surface area (Å²) in [6, 6.07) is 19.3. The molecule has 4 rings (SSSR count). The van der Waals surface area contributed by atoms with Crippen LogP contribution in [0.2, 0.25) is 0 Å². The van der Waals surface area contributed by atoms with E-state index in [1.165, 1.54) is 0 Å². The first-order chi connectivity index (χ1) is 16.6. The topological polar surface area (TPSA) is 96.9 Å². The highest BCUT2D eigenvalue weighted by atomic mass is 32.2. The summed E-state index contributed by atoms with van der Waals surface area (Å²) >= 11 is 0. The number of aliphatic hydroxyl groups is 1. The van der Waals surface area contributed by atoms with Gasteiger partial charge in [0.05, 0.1) is 18.0 Å². The number of anilines is 1. The number of benzene rings is 3. The van der Waals surface area contributed by atoms with E-state index >= 15 is 0 Å². The molecule has 1 aliphatic rings. The highest BCUT2D eigenvalue weighted by Gasteiger charge is 2.42. The van der Waals surface area contributed by atoms with Crippen molar-refractivity contribution in [2.45, 2.75) is 49.8 Å². The third-order valence-corrected chi connectivity index (χ3v) is 7.67. The number of hydrogen-bond acceptors (Lipinski definition) is 6. The minimum absolute atomic E-state index is 0.228. The number of sulfonamides is 1. The van der Waals surface area contributed by atoms with Gasteiger partial charge in [0, 0.05) is 11.3 Å². The quantitative estimate of drug-likeness (QED) is 0.432. The van der Waals surface area contributed by atoms with Crippen molar-refractivity contribution in [3.05, 3.63) is 83.4 Å². The maximum Gasteiger partial charge on any atom is 0.261 e. The summed E-state index contributed by atoms with van der Waals surface area (Å²) in [5.74, 6) is 1.43. The highest BCUT2D eigenvalue weighted by molar-refractivity contribution is 7.92. The van der Waals surface area contributed by atoms with Gasteiger partial charge in [-0.05, 0) is 81.8 Å². The normalized spacial score (nSPS) is 18.9. The van der Waals surface area contributed by atoms with E-state index in [0.717, 1.165) is 22.4 Å². The summed E-state index contributed by atoms with van der Waals surface area (Å²) < 4.78 is 39.2. The van der Waals surface area contributed by atoms with E-state index in [0.29, 0.717) is 24.4 Å². The summed E-state index contributed by atoms with van der Waals surface area (Å²) in [4.78, 5) is 0.228. The molecule has 0 aliphatic carbocycles. The molecular formula is C27H32N2O5S. The van der Waals surface area contributed by atoms with Gasteiger partial charge in [-0.3, -0.25) is 4.72 Å². The second-order valence-corrected chi connectivity index (χ2v) is 11.0. The van der Waals surface area contributed by atoms with Crippen molar-refractivity contribution in [1.29, 1.82) is 0 Å². The minimum atomic E-state index is -3.64. The third-order valence-electron chi connectivity index (χ3n) is 6.27. The summed E-state index contributed by atoms with van der Waals surface area (Å²) in [6.45, 7) is 6.27. The lowest BCUT2D eigenvalue weighted by atomic mass is 9.86. The van der Waals surface area contributed by atoms with E-state index < -0.39 is 21.7 Å². The lowest BCUT2D eigenvalue weighted by molar-refractivity contribution is -0.0644. The second kappa shape index (κ2) is 9.89. The van der Waals surface area contributed by atoms with E-state index in [-0.39, 0.29) is 10.9 Å². The molecule has 2 unspecified atom stereocenters. The average molecular weight is 497 g/mol. The molecule has 8 heteroatoms. The van der Waals surface area contributed by atoms with Crippen LogP contribution >= 0.6 is 0 Å². The van der Waals surface area contributed by atoms with Crippen molar-refractivity contribution in [1.82, 2.24) is 5.32 Å². The number of methoxy groups -OCH3 is 1. The molecule has 0 amide bonds. The molecule has 2 atom stereocenters. The molecule has 3 aromatic rings. The first-order valence-corrected chi connectivity index (χ1v) is 13.0. The standard InChI is InChI=1S/C27H32N2O5S/c1-18-5-12-22(13-6-18)35(31,32)29-20-9-7-19(8-10-20)15-16-28-25-23-17-21(33-4)11-14-24(23)34-27(2,3)26(25)30/h5-14,17,25-26,28-30H,15-16H2,1-4H3. The fraction of sp³-hybridized carbons (Fsp3) is 0.333. The second-order valence-electron chi connectivity index (χ2n) is 9.35. The van der Waals surface area contributed by atoms with Gasteiger partial charge in [0.25, 0.3) is 10.0 Å². The van der Waals surface area contributed by atoms with Crippen LogP contribution in [-0.2, 0) is 16.4 Å². The zero-order valence-electron chi connectivity index (χ0n) is 20.4. The number of aliphatic hydroxyl groups excluding tert-OH is 1. The number of hydrogen-bond donors (Lipinski definition) is 3. The molecule has 3 N–H and O–H groups in total. The smallest absolute Gasteiger partial charge is 0.261 e. The molecule has 35 heavy (non-hydrogen) atoms. The molecular weight excluding hydrogens is 464 g/mol. The van der Waals surface area contributed by atoms with Gasteiger partial charge in [-0.1, -0.05) is 29.8 Å². The molecule has 186 valence electrons. The Morgan fingerprint density at radius 2 is 1.71 bits per heavy atom. The molecule has 7 nitrogen and oxygen atoms in total. The van der Waals surface area contributed by atoms with E-state index in [9.17, 15) is 13.5 Å². The lowest BCUT2D eigenvalue weighted by Crippen LogP contribution is -2.52. The molecule has 0 saturated heterocycles. The van der Waals surface area contributed by atoms with Gasteiger partial charge in [-0.2, -0.15) is 0 Å². The molecule has 0 bridgehead atoms. The predicted octanol–water partition coefficient (Wildman–Crippen LogP) is 4.21. The van der Waals surface area contributed by atoms with E-state index in [1.807, 2.05) is 51.1 Å². The predicted molar refractivity (Wildman–Crippen MR) is 137 cm³/mol. The Morgan fingerprint density at radius 3 is 2.37 bits per heavy atom. The van der Waals surface area contributed by atoms with Crippen LogP contribution in [0.1, 0.15) is 36.6 Å². The van der Waals surface area contributed by atoms with Crippen molar-refractivity contribution >= 4 is 15.7 Å².